The Morgan fingerprint density at radius 3 is 2.58 bits per heavy atom. The van der Waals surface area contributed by atoms with Gasteiger partial charge in [0.15, 0.2) is 11.4 Å². The van der Waals surface area contributed by atoms with Crippen molar-refractivity contribution in [2.75, 3.05) is 6.61 Å². The molecule has 0 bridgehead atoms. The molecule has 1 aromatic rings. The molecule has 0 aliphatic carbocycles. The largest absolute Gasteiger partial charge is 0.376 e. The summed E-state index contributed by atoms with van der Waals surface area (Å²) in [6.07, 6.45) is 2.51. The Bertz CT molecular complexity index is 557. The molecule has 1 amide bonds. The van der Waals surface area contributed by atoms with Gasteiger partial charge in [-0.3, -0.25) is 4.79 Å². The maximum atomic E-state index is 12.1. The molecule has 4 N–H and O–H groups in total. The summed E-state index contributed by atoms with van der Waals surface area (Å²) in [5, 5.41) is 3.34. The minimum absolute atomic E-state index is 0.00602. The average Bonchev–Trinajstić information content (AvgIpc) is 2.58. The molecule has 7 heteroatoms. The molecular formula is C17H25N3O3S. The number of ether oxygens (including phenoxy) is 1. The van der Waals surface area contributed by atoms with Crippen molar-refractivity contribution in [1.29, 1.82) is 0 Å². The average molecular weight is 351 g/mol. The van der Waals surface area contributed by atoms with Gasteiger partial charge < -0.3 is 15.8 Å². The Hall–Kier alpha value is -1.70. The van der Waals surface area contributed by atoms with Crippen molar-refractivity contribution in [2.24, 2.45) is 11.7 Å². The van der Waals surface area contributed by atoms with Crippen molar-refractivity contribution in [2.45, 2.75) is 45.4 Å². The van der Waals surface area contributed by atoms with E-state index in [0.717, 1.165) is 24.8 Å². The number of hydrogen-bond acceptors (Lipinski definition) is 4. The van der Waals surface area contributed by atoms with Gasteiger partial charge in [-0.1, -0.05) is 26.0 Å². The SMILES string of the molecule is CC(C)C(NC(N)=S)c1ccc(C(=O)NOC2CCCCO2)cc1. The highest BCUT2D eigenvalue weighted by molar-refractivity contribution is 7.80. The highest BCUT2D eigenvalue weighted by Crippen LogP contribution is 2.22. The maximum absolute atomic E-state index is 12.1. The summed E-state index contributed by atoms with van der Waals surface area (Å²) in [5.41, 5.74) is 9.58. The molecule has 24 heavy (non-hydrogen) atoms. The van der Waals surface area contributed by atoms with Gasteiger partial charge in [0.2, 0.25) is 0 Å². The lowest BCUT2D eigenvalue weighted by Crippen LogP contribution is -2.35. The van der Waals surface area contributed by atoms with Crippen molar-refractivity contribution in [3.63, 3.8) is 0 Å². The first-order valence-corrected chi connectivity index (χ1v) is 8.61. The second kappa shape index (κ2) is 8.96. The van der Waals surface area contributed by atoms with E-state index in [1.807, 2.05) is 12.1 Å². The summed E-state index contributed by atoms with van der Waals surface area (Å²) in [4.78, 5) is 17.4. The molecule has 6 nitrogen and oxygen atoms in total. The molecule has 0 aromatic heterocycles. The van der Waals surface area contributed by atoms with Gasteiger partial charge >= 0.3 is 0 Å². The quantitative estimate of drug-likeness (QED) is 0.539. The van der Waals surface area contributed by atoms with Crippen LogP contribution in [0.3, 0.4) is 0 Å². The van der Waals surface area contributed by atoms with Crippen molar-refractivity contribution in [3.8, 4) is 0 Å². The van der Waals surface area contributed by atoms with Crippen LogP contribution in [-0.2, 0) is 9.57 Å². The number of benzene rings is 1. The van der Waals surface area contributed by atoms with Gasteiger partial charge in [0, 0.05) is 18.6 Å². The van der Waals surface area contributed by atoms with E-state index in [4.69, 9.17) is 27.5 Å². The van der Waals surface area contributed by atoms with Gasteiger partial charge in [-0.15, -0.1) is 0 Å². The highest BCUT2D eigenvalue weighted by atomic mass is 32.1. The van der Waals surface area contributed by atoms with E-state index >= 15 is 0 Å². The molecule has 1 aliphatic rings. The highest BCUT2D eigenvalue weighted by Gasteiger charge is 2.18. The van der Waals surface area contributed by atoms with E-state index in [0.29, 0.717) is 18.1 Å². The second-order valence-electron chi connectivity index (χ2n) is 6.20. The molecule has 0 radical (unpaired) electrons. The molecule has 2 rings (SSSR count). The van der Waals surface area contributed by atoms with Crippen LogP contribution in [0.2, 0.25) is 0 Å². The van der Waals surface area contributed by atoms with Gasteiger partial charge in [0.25, 0.3) is 5.91 Å². The lowest BCUT2D eigenvalue weighted by Gasteiger charge is -2.23. The third-order valence-corrected chi connectivity index (χ3v) is 4.04. The minimum Gasteiger partial charge on any atom is -0.376 e. The smallest absolute Gasteiger partial charge is 0.274 e. The maximum Gasteiger partial charge on any atom is 0.274 e. The molecular weight excluding hydrogens is 326 g/mol. The predicted octanol–water partition coefficient (Wildman–Crippen LogP) is 2.40. The number of carbonyl (C=O) groups is 1. The Labute approximate surface area is 148 Å². The van der Waals surface area contributed by atoms with Crippen LogP contribution in [0.25, 0.3) is 0 Å². The predicted molar refractivity (Wildman–Crippen MR) is 96.1 cm³/mol. The first-order valence-electron chi connectivity index (χ1n) is 8.21. The van der Waals surface area contributed by atoms with Gasteiger partial charge in [0.05, 0.1) is 6.04 Å². The van der Waals surface area contributed by atoms with Crippen LogP contribution in [-0.4, -0.2) is 23.9 Å². The number of hydrogen-bond donors (Lipinski definition) is 3. The Kier molecular flexibility index (Phi) is 6.96. The van der Waals surface area contributed by atoms with Crippen LogP contribution in [0.4, 0.5) is 0 Å². The summed E-state index contributed by atoms with van der Waals surface area (Å²) in [6.45, 7) is 4.82. The van der Waals surface area contributed by atoms with Gasteiger partial charge in [-0.25, -0.2) is 10.3 Å². The van der Waals surface area contributed by atoms with Crippen molar-refractivity contribution >= 4 is 23.2 Å². The van der Waals surface area contributed by atoms with E-state index in [2.05, 4.69) is 24.6 Å². The zero-order valence-electron chi connectivity index (χ0n) is 14.1. The number of carbonyl (C=O) groups excluding carboxylic acids is 1. The summed E-state index contributed by atoms with van der Waals surface area (Å²) in [7, 11) is 0. The first-order chi connectivity index (χ1) is 11.5. The first kappa shape index (κ1) is 18.6. The fraction of sp³-hybridized carbons (Fsp3) is 0.529. The Balaban J connectivity index is 1.94. The number of hydroxylamine groups is 1. The molecule has 1 heterocycles. The van der Waals surface area contributed by atoms with Crippen molar-refractivity contribution < 1.29 is 14.4 Å². The van der Waals surface area contributed by atoms with Crippen LogP contribution in [0.5, 0.6) is 0 Å². The van der Waals surface area contributed by atoms with Crippen LogP contribution in [0, 0.1) is 5.92 Å². The number of rotatable bonds is 6. The molecule has 1 aliphatic heterocycles. The van der Waals surface area contributed by atoms with Crippen molar-refractivity contribution in [1.82, 2.24) is 10.8 Å². The lowest BCUT2D eigenvalue weighted by molar-refractivity contribution is -0.186. The minimum atomic E-state index is -0.359. The number of amides is 1. The zero-order valence-corrected chi connectivity index (χ0v) is 14.9. The summed E-state index contributed by atoms with van der Waals surface area (Å²) >= 11 is 4.93. The summed E-state index contributed by atoms with van der Waals surface area (Å²) < 4.78 is 5.41. The lowest BCUT2D eigenvalue weighted by atomic mass is 9.95. The van der Waals surface area contributed by atoms with E-state index < -0.39 is 0 Å². The third kappa shape index (κ3) is 5.43. The molecule has 132 valence electrons. The number of nitrogens with two attached hydrogens (primary N) is 1. The van der Waals surface area contributed by atoms with Crippen LogP contribution >= 0.6 is 12.2 Å². The molecule has 2 unspecified atom stereocenters. The Morgan fingerprint density at radius 2 is 2.04 bits per heavy atom. The number of thiocarbonyl (C=S) groups is 1. The third-order valence-electron chi connectivity index (χ3n) is 3.92. The molecule has 2 atom stereocenters. The molecule has 1 fully saturated rings. The van der Waals surface area contributed by atoms with E-state index in [-0.39, 0.29) is 23.4 Å². The fourth-order valence-electron chi connectivity index (χ4n) is 2.61. The van der Waals surface area contributed by atoms with Crippen LogP contribution in [0.1, 0.15) is 55.1 Å². The molecule has 1 saturated heterocycles. The Morgan fingerprint density at radius 1 is 1.33 bits per heavy atom. The molecule has 0 saturated carbocycles. The van der Waals surface area contributed by atoms with E-state index in [9.17, 15) is 4.79 Å². The van der Waals surface area contributed by atoms with Gasteiger partial charge in [-0.2, -0.15) is 0 Å². The monoisotopic (exact) mass is 351 g/mol. The van der Waals surface area contributed by atoms with Gasteiger partial charge in [0.1, 0.15) is 0 Å². The summed E-state index contributed by atoms with van der Waals surface area (Å²) in [6, 6.07) is 7.30. The number of nitrogens with one attached hydrogen (secondary N) is 2. The van der Waals surface area contributed by atoms with Gasteiger partial charge in [-0.05, 0) is 48.7 Å². The van der Waals surface area contributed by atoms with Crippen LogP contribution < -0.4 is 16.5 Å². The van der Waals surface area contributed by atoms with Crippen molar-refractivity contribution in [3.05, 3.63) is 35.4 Å². The second-order valence-corrected chi connectivity index (χ2v) is 6.64. The topological polar surface area (TPSA) is 85.6 Å². The fourth-order valence-corrected chi connectivity index (χ4v) is 2.74. The summed E-state index contributed by atoms with van der Waals surface area (Å²) in [5.74, 6) is 0.0112. The standard InChI is InChI=1S/C17H25N3O3S/c1-11(2)15(19-17(18)24)12-6-8-13(9-7-12)16(21)20-23-14-5-3-4-10-22-14/h6-9,11,14-15H,3-5,10H2,1-2H3,(H,20,21)(H3,18,19,24). The van der Waals surface area contributed by atoms with Crippen LogP contribution in [0.15, 0.2) is 24.3 Å². The van der Waals surface area contributed by atoms with E-state index in [1.165, 1.54) is 0 Å². The molecule has 1 aromatic carbocycles. The molecule has 0 spiro atoms. The normalized spacial score (nSPS) is 18.9. The zero-order chi connectivity index (χ0) is 17.5. The van der Waals surface area contributed by atoms with E-state index in [1.54, 1.807) is 12.1 Å².